The van der Waals surface area contributed by atoms with Crippen LogP contribution in [0, 0.1) is 0 Å². The zero-order valence-electron chi connectivity index (χ0n) is 19.6. The van der Waals surface area contributed by atoms with E-state index in [-0.39, 0.29) is 5.75 Å². The van der Waals surface area contributed by atoms with Gasteiger partial charge in [0.15, 0.2) is 17.1 Å². The van der Waals surface area contributed by atoms with Gasteiger partial charge >= 0.3 is 5.63 Å². The molecule has 0 amide bonds. The van der Waals surface area contributed by atoms with E-state index in [1.165, 1.54) is 0 Å². The van der Waals surface area contributed by atoms with Gasteiger partial charge < -0.3 is 18.6 Å². The summed E-state index contributed by atoms with van der Waals surface area (Å²) < 4.78 is 23.4. The third kappa shape index (κ3) is 7.95. The quantitative estimate of drug-likeness (QED) is 0.170. The molecule has 174 valence electrons. The second kappa shape index (κ2) is 15.0. The Morgan fingerprint density at radius 3 is 1.81 bits per heavy atom. The van der Waals surface area contributed by atoms with Crippen molar-refractivity contribution in [2.24, 2.45) is 0 Å². The Morgan fingerprint density at radius 1 is 0.719 bits per heavy atom. The van der Waals surface area contributed by atoms with Crippen LogP contribution in [0.3, 0.4) is 0 Å². The van der Waals surface area contributed by atoms with Crippen molar-refractivity contribution < 1.29 is 18.6 Å². The van der Waals surface area contributed by atoms with E-state index in [1.54, 1.807) is 6.07 Å². The third-order valence-electron chi connectivity index (χ3n) is 4.62. The summed E-state index contributed by atoms with van der Waals surface area (Å²) in [5, 5.41) is 0.671. The monoisotopic (exact) mass is 440 g/mol. The van der Waals surface area contributed by atoms with Crippen molar-refractivity contribution in [3.8, 4) is 17.2 Å². The molecule has 0 bridgehead atoms. The molecule has 5 heteroatoms. The zero-order chi connectivity index (χ0) is 23.0. The van der Waals surface area contributed by atoms with Gasteiger partial charge in [-0.25, -0.2) is 4.79 Å². The van der Waals surface area contributed by atoms with Gasteiger partial charge in [-0.3, -0.25) is 0 Å². The molecule has 0 aliphatic rings. The summed E-state index contributed by atoms with van der Waals surface area (Å²) >= 11 is 0. The molecule has 1 heterocycles. The smallest absolute Gasteiger partial charge is 0.383 e. The van der Waals surface area contributed by atoms with Gasteiger partial charge in [0.2, 0.25) is 5.75 Å². The molecular weight excluding hydrogens is 404 g/mol. The fourth-order valence-electron chi connectivity index (χ4n) is 3.08. The van der Waals surface area contributed by atoms with Crippen molar-refractivity contribution in [3.63, 3.8) is 0 Å². The number of hydrogen-bond donors (Lipinski definition) is 0. The van der Waals surface area contributed by atoms with Crippen molar-refractivity contribution in [1.82, 2.24) is 0 Å². The van der Waals surface area contributed by atoms with E-state index in [9.17, 15) is 4.79 Å². The van der Waals surface area contributed by atoms with E-state index in [4.69, 9.17) is 18.6 Å². The van der Waals surface area contributed by atoms with Crippen LogP contribution in [-0.4, -0.2) is 19.8 Å². The topological polar surface area (TPSA) is 57.9 Å². The van der Waals surface area contributed by atoms with Crippen molar-refractivity contribution in [1.29, 1.82) is 0 Å². The molecule has 0 saturated carbocycles. The lowest BCUT2D eigenvalue weighted by atomic mass is 10.2. The summed E-state index contributed by atoms with van der Waals surface area (Å²) in [6.45, 7) is 7.57. The van der Waals surface area contributed by atoms with Crippen LogP contribution in [0.5, 0.6) is 17.2 Å². The standard InChI is InChI=1S/C27H36O5/c1-4-7-10-13-19-29-23-18-16-17-22-24(23)32-27(28)26(31-21-15-12-9-6-3)25(22)30-20-14-11-8-5-2/h7-12,16-18H,4-6,13-15,19-21H2,1-3H3. The molecule has 2 rings (SSSR count). The number of hydrogen-bond acceptors (Lipinski definition) is 5. The van der Waals surface area contributed by atoms with Crippen LogP contribution in [-0.2, 0) is 0 Å². The molecule has 0 aliphatic heterocycles. The molecule has 0 atom stereocenters. The summed E-state index contributed by atoms with van der Waals surface area (Å²) in [5.41, 5.74) is -0.174. The van der Waals surface area contributed by atoms with Gasteiger partial charge in [0.05, 0.1) is 25.2 Å². The van der Waals surface area contributed by atoms with Gasteiger partial charge in [0, 0.05) is 0 Å². The van der Waals surface area contributed by atoms with Crippen LogP contribution < -0.4 is 19.8 Å². The highest BCUT2D eigenvalue weighted by molar-refractivity contribution is 5.89. The van der Waals surface area contributed by atoms with Crippen LogP contribution >= 0.6 is 0 Å². The van der Waals surface area contributed by atoms with Gasteiger partial charge in [0.25, 0.3) is 0 Å². The van der Waals surface area contributed by atoms with Gasteiger partial charge in [-0.1, -0.05) is 63.3 Å². The summed E-state index contributed by atoms with van der Waals surface area (Å²) in [6.07, 6.45) is 17.6. The fraction of sp³-hybridized carbons (Fsp3) is 0.444. The van der Waals surface area contributed by atoms with Gasteiger partial charge in [-0.15, -0.1) is 0 Å². The lowest BCUT2D eigenvalue weighted by molar-refractivity contribution is 0.263. The maximum Gasteiger partial charge on any atom is 0.383 e. The van der Waals surface area contributed by atoms with Gasteiger partial charge in [-0.2, -0.15) is 0 Å². The first-order valence-electron chi connectivity index (χ1n) is 11.7. The Bertz CT molecular complexity index is 952. The maximum atomic E-state index is 12.8. The van der Waals surface area contributed by atoms with Crippen LogP contribution in [0.25, 0.3) is 11.0 Å². The van der Waals surface area contributed by atoms with Crippen LogP contribution in [0.2, 0.25) is 0 Å². The van der Waals surface area contributed by atoms with E-state index < -0.39 is 5.63 Å². The predicted octanol–water partition coefficient (Wildman–Crippen LogP) is 7.00. The normalized spacial score (nSPS) is 11.8. The fourth-order valence-corrected chi connectivity index (χ4v) is 3.08. The van der Waals surface area contributed by atoms with Crippen LogP contribution in [0.4, 0.5) is 0 Å². The largest absolute Gasteiger partial charge is 0.489 e. The van der Waals surface area contributed by atoms with Crippen LogP contribution in [0.1, 0.15) is 59.3 Å². The predicted molar refractivity (Wildman–Crippen MR) is 131 cm³/mol. The first kappa shape index (κ1) is 25.3. The van der Waals surface area contributed by atoms with Crippen molar-refractivity contribution in [2.75, 3.05) is 19.8 Å². The second-order valence-corrected chi connectivity index (χ2v) is 7.23. The molecule has 0 N–H and O–H groups in total. The molecule has 1 aromatic heterocycles. The molecule has 0 unspecified atom stereocenters. The Balaban J connectivity index is 2.31. The maximum absolute atomic E-state index is 12.8. The Hall–Kier alpha value is -2.95. The van der Waals surface area contributed by atoms with Crippen molar-refractivity contribution in [3.05, 3.63) is 65.1 Å². The number of fused-ring (bicyclic) bond motifs is 1. The SMILES string of the molecule is CCC=CCCOc1c(OCCC=CCC)c2cccc(OCCC=CCC)c2oc1=O. The zero-order valence-corrected chi connectivity index (χ0v) is 19.6. The molecule has 32 heavy (non-hydrogen) atoms. The second-order valence-electron chi connectivity index (χ2n) is 7.23. The lowest BCUT2D eigenvalue weighted by Gasteiger charge is -2.14. The van der Waals surface area contributed by atoms with E-state index in [1.807, 2.05) is 18.2 Å². The molecule has 1 aromatic carbocycles. The summed E-state index contributed by atoms with van der Waals surface area (Å²) in [4.78, 5) is 12.8. The summed E-state index contributed by atoms with van der Waals surface area (Å²) in [6, 6.07) is 5.54. The first-order chi connectivity index (χ1) is 15.7. The minimum Gasteiger partial charge on any atom is -0.489 e. The van der Waals surface area contributed by atoms with E-state index in [0.29, 0.717) is 48.7 Å². The van der Waals surface area contributed by atoms with E-state index >= 15 is 0 Å². The van der Waals surface area contributed by atoms with E-state index in [0.717, 1.165) is 32.1 Å². The molecule has 0 radical (unpaired) electrons. The molecular formula is C27H36O5. The average molecular weight is 441 g/mol. The van der Waals surface area contributed by atoms with Crippen LogP contribution in [0.15, 0.2) is 63.9 Å². The molecule has 0 aliphatic carbocycles. The highest BCUT2D eigenvalue weighted by atomic mass is 16.5. The highest BCUT2D eigenvalue weighted by Gasteiger charge is 2.20. The number of para-hydroxylation sites is 1. The van der Waals surface area contributed by atoms with E-state index in [2.05, 4.69) is 51.2 Å². The molecule has 2 aromatic rings. The molecule has 0 saturated heterocycles. The third-order valence-corrected chi connectivity index (χ3v) is 4.62. The number of benzene rings is 1. The van der Waals surface area contributed by atoms with Gasteiger partial charge in [-0.05, 0) is 50.7 Å². The average Bonchev–Trinajstić information content (AvgIpc) is 2.80. The number of allylic oxidation sites excluding steroid dienone is 3. The minimum atomic E-state index is -0.557. The van der Waals surface area contributed by atoms with Crippen molar-refractivity contribution in [2.45, 2.75) is 59.3 Å². The highest BCUT2D eigenvalue weighted by Crippen LogP contribution is 2.37. The Kier molecular flexibility index (Phi) is 11.8. The summed E-state index contributed by atoms with van der Waals surface area (Å²) in [5.74, 6) is 1.06. The number of ether oxygens (including phenoxy) is 3. The lowest BCUT2D eigenvalue weighted by Crippen LogP contribution is -2.12. The summed E-state index contributed by atoms with van der Waals surface area (Å²) in [7, 11) is 0. The minimum absolute atomic E-state index is 0.116. The Morgan fingerprint density at radius 2 is 1.25 bits per heavy atom. The molecule has 0 spiro atoms. The molecule has 5 nitrogen and oxygen atoms in total. The first-order valence-corrected chi connectivity index (χ1v) is 11.7. The molecule has 0 fully saturated rings. The number of rotatable bonds is 15. The van der Waals surface area contributed by atoms with Gasteiger partial charge in [0.1, 0.15) is 0 Å². The van der Waals surface area contributed by atoms with Crippen molar-refractivity contribution >= 4 is 11.0 Å². The Labute approximate surface area is 191 Å².